The summed E-state index contributed by atoms with van der Waals surface area (Å²) in [6.45, 7) is 1.31. The van der Waals surface area contributed by atoms with Crippen LogP contribution in [0.3, 0.4) is 0 Å². The summed E-state index contributed by atoms with van der Waals surface area (Å²) in [6, 6.07) is 12.5. The van der Waals surface area contributed by atoms with Crippen LogP contribution in [0.25, 0.3) is 16.6 Å². The van der Waals surface area contributed by atoms with Crippen LogP contribution in [-0.4, -0.2) is 90.7 Å². The molecule has 1 aliphatic rings. The molecule has 2 N–H and O–H groups in total. The number of carboxylic acid groups (broad SMARTS) is 1. The largest absolute Gasteiger partial charge is 0.493 e. The molecule has 0 bridgehead atoms. The molecule has 1 fully saturated rings. The smallest absolute Gasteiger partial charge is 0.416 e. The van der Waals surface area contributed by atoms with Gasteiger partial charge >= 0.3 is 18.3 Å². The number of carbonyl (C=O) groups excluding carboxylic acids is 2. The fraction of sp³-hybridized carbons (Fsp3) is 0.308. The monoisotopic (exact) mass is 865 g/mol. The van der Waals surface area contributed by atoms with Crippen molar-refractivity contribution in [2.75, 3.05) is 53.0 Å². The summed E-state index contributed by atoms with van der Waals surface area (Å²) >= 11 is 7.80. The third kappa shape index (κ3) is 12.1. The van der Waals surface area contributed by atoms with Gasteiger partial charge in [-0.15, -0.1) is 11.3 Å². The Hall–Kier alpha value is -5.84. The Morgan fingerprint density at radius 3 is 2.37 bits per heavy atom. The molecule has 2 amide bonds. The molecule has 20 heteroatoms. The molecule has 5 rings (SSSR count). The number of carbonyl (C=O) groups is 3. The van der Waals surface area contributed by atoms with E-state index in [1.54, 1.807) is 23.6 Å². The molecular formula is C39H34ClF6N5O7S. The number of nitrogens with one attached hydrogen (secondary N) is 1. The van der Waals surface area contributed by atoms with Gasteiger partial charge in [0.15, 0.2) is 11.5 Å². The number of hydrogen-bond acceptors (Lipinski definition) is 10. The third-order valence-corrected chi connectivity index (χ3v) is 10.0. The second kappa shape index (κ2) is 19.3. The number of hydrogen-bond donors (Lipinski definition) is 2. The number of amides is 2. The molecule has 4 aromatic rings. The number of carboxylic acids is 1. The highest BCUT2D eigenvalue weighted by atomic mass is 35.5. The van der Waals surface area contributed by atoms with Crippen LogP contribution in [0.2, 0.25) is 5.02 Å². The fourth-order valence-electron chi connectivity index (χ4n) is 5.81. The highest BCUT2D eigenvalue weighted by Gasteiger charge is 2.38. The molecule has 0 saturated carbocycles. The van der Waals surface area contributed by atoms with Crippen molar-refractivity contribution in [3.05, 3.63) is 98.5 Å². The molecule has 0 radical (unpaired) electrons. The zero-order valence-electron chi connectivity index (χ0n) is 31.0. The average Bonchev–Trinajstić information content (AvgIpc) is 3.65. The van der Waals surface area contributed by atoms with Gasteiger partial charge in [0.2, 0.25) is 5.91 Å². The quantitative estimate of drug-likeness (QED) is 0.0729. The number of alkyl halides is 6. The van der Waals surface area contributed by atoms with Crippen LogP contribution >= 0.6 is 22.9 Å². The minimum absolute atomic E-state index is 0.0195. The van der Waals surface area contributed by atoms with Crippen LogP contribution in [0.15, 0.2) is 65.6 Å². The molecule has 2 heterocycles. The predicted molar refractivity (Wildman–Crippen MR) is 203 cm³/mol. The average molecular weight is 866 g/mol. The van der Waals surface area contributed by atoms with Crippen LogP contribution in [0.5, 0.6) is 17.2 Å². The molecule has 0 aliphatic carbocycles. The zero-order chi connectivity index (χ0) is 42.9. The van der Waals surface area contributed by atoms with E-state index in [1.165, 1.54) is 47.6 Å². The Balaban J connectivity index is 1.11. The van der Waals surface area contributed by atoms with Gasteiger partial charge in [0, 0.05) is 49.2 Å². The van der Waals surface area contributed by atoms with Gasteiger partial charge in [-0.25, -0.2) is 4.98 Å². The summed E-state index contributed by atoms with van der Waals surface area (Å²) in [5.74, 6) is -1.57. The summed E-state index contributed by atoms with van der Waals surface area (Å²) < 4.78 is 96.7. The van der Waals surface area contributed by atoms with E-state index in [-0.39, 0.29) is 29.6 Å². The Morgan fingerprint density at radius 2 is 1.73 bits per heavy atom. The SMILES string of the molecule is COc1cc(/C=C(\C#N)C(=O)N2CCN(CCOc3ccc(-c4nc(CC(=O)NCC(=O)O)cs4)c(Cl)c3)CC2)ccc1OCc1ccc(C(F)(F)F)cc1C(F)(F)F. The maximum absolute atomic E-state index is 13.6. The number of benzene rings is 3. The van der Waals surface area contributed by atoms with Gasteiger partial charge in [0.25, 0.3) is 5.91 Å². The number of rotatable bonds is 15. The minimum atomic E-state index is -5.07. The van der Waals surface area contributed by atoms with E-state index < -0.39 is 60.0 Å². The Bertz CT molecular complexity index is 2250. The first-order valence-electron chi connectivity index (χ1n) is 17.5. The number of aliphatic carboxylic acids is 1. The van der Waals surface area contributed by atoms with E-state index in [9.17, 15) is 46.0 Å². The Kier molecular flexibility index (Phi) is 14.5. The molecule has 312 valence electrons. The van der Waals surface area contributed by atoms with E-state index in [0.717, 1.165) is 0 Å². The van der Waals surface area contributed by atoms with Crippen LogP contribution in [-0.2, 0) is 39.8 Å². The molecule has 59 heavy (non-hydrogen) atoms. The van der Waals surface area contributed by atoms with Crippen LogP contribution in [0.1, 0.15) is 27.9 Å². The zero-order valence-corrected chi connectivity index (χ0v) is 32.5. The van der Waals surface area contributed by atoms with E-state index in [0.29, 0.717) is 84.1 Å². The molecule has 1 aliphatic heterocycles. The van der Waals surface area contributed by atoms with Gasteiger partial charge in [-0.1, -0.05) is 23.7 Å². The molecule has 1 saturated heterocycles. The second-order valence-electron chi connectivity index (χ2n) is 12.9. The lowest BCUT2D eigenvalue weighted by Crippen LogP contribution is -2.49. The summed E-state index contributed by atoms with van der Waals surface area (Å²) in [6.07, 6.45) is -8.78. The number of thiazole rings is 1. The van der Waals surface area contributed by atoms with Crippen molar-refractivity contribution >= 4 is 46.8 Å². The van der Waals surface area contributed by atoms with Gasteiger partial charge in [-0.2, -0.15) is 31.6 Å². The normalized spacial score (nSPS) is 13.7. The van der Waals surface area contributed by atoms with Crippen LogP contribution in [0.4, 0.5) is 26.3 Å². The van der Waals surface area contributed by atoms with Gasteiger partial charge < -0.3 is 29.5 Å². The first kappa shape index (κ1) is 44.3. The summed E-state index contributed by atoms with van der Waals surface area (Å²) in [7, 11) is 1.27. The van der Waals surface area contributed by atoms with Gasteiger partial charge in [-0.05, 0) is 54.1 Å². The van der Waals surface area contributed by atoms with Gasteiger partial charge in [0.1, 0.15) is 42.2 Å². The van der Waals surface area contributed by atoms with E-state index in [1.807, 2.05) is 6.07 Å². The van der Waals surface area contributed by atoms with E-state index in [4.69, 9.17) is 30.9 Å². The minimum Gasteiger partial charge on any atom is -0.493 e. The molecule has 12 nitrogen and oxygen atoms in total. The predicted octanol–water partition coefficient (Wildman–Crippen LogP) is 6.96. The number of methoxy groups -OCH3 is 1. The maximum atomic E-state index is 13.6. The van der Waals surface area contributed by atoms with Crippen molar-refractivity contribution in [2.45, 2.75) is 25.4 Å². The number of nitrogens with zero attached hydrogens (tertiary/aromatic N) is 4. The van der Waals surface area contributed by atoms with Crippen molar-refractivity contribution in [2.24, 2.45) is 0 Å². The van der Waals surface area contributed by atoms with Crippen molar-refractivity contribution in [1.82, 2.24) is 20.1 Å². The lowest BCUT2D eigenvalue weighted by atomic mass is 10.0. The first-order valence-corrected chi connectivity index (χ1v) is 18.8. The van der Waals surface area contributed by atoms with E-state index >= 15 is 0 Å². The van der Waals surface area contributed by atoms with Crippen molar-refractivity contribution < 1.29 is 60.0 Å². The highest BCUT2D eigenvalue weighted by Crippen LogP contribution is 2.39. The van der Waals surface area contributed by atoms with Crippen molar-refractivity contribution in [1.29, 1.82) is 5.26 Å². The number of halogens is 7. The fourth-order valence-corrected chi connectivity index (χ4v) is 6.98. The molecule has 0 atom stereocenters. The number of piperazine rings is 1. The van der Waals surface area contributed by atoms with Crippen molar-refractivity contribution in [3.63, 3.8) is 0 Å². The highest BCUT2D eigenvalue weighted by molar-refractivity contribution is 7.13. The molecule has 0 unspecified atom stereocenters. The summed E-state index contributed by atoms with van der Waals surface area (Å²) in [5.41, 5.74) is -2.17. The summed E-state index contributed by atoms with van der Waals surface area (Å²) in [5, 5.41) is 23.5. The van der Waals surface area contributed by atoms with Crippen LogP contribution < -0.4 is 19.5 Å². The third-order valence-electron chi connectivity index (χ3n) is 8.81. The number of nitriles is 1. The van der Waals surface area contributed by atoms with E-state index in [2.05, 4.69) is 15.2 Å². The summed E-state index contributed by atoms with van der Waals surface area (Å²) in [4.78, 5) is 43.9. The Morgan fingerprint density at radius 1 is 0.983 bits per heavy atom. The topological polar surface area (TPSA) is 154 Å². The molecular weight excluding hydrogens is 832 g/mol. The van der Waals surface area contributed by atoms with Gasteiger partial charge in [-0.3, -0.25) is 19.3 Å². The standard InChI is InChI=1S/C39H34ClF6N5O7S/c1-56-33-15-23(2-7-32(33)58-21-24-3-4-26(38(41,42)43)16-30(24)39(44,45)46)14-25(19-47)37(55)51-10-8-50(9-11-51)12-13-57-28-5-6-29(31(40)18-28)36-49-27(22-59-36)17-34(52)48-20-35(53)54/h2-7,14-16,18,22H,8-13,17,20-21H2,1H3,(H,48,52)(H,53,54)/b25-14+. The molecule has 1 aromatic heterocycles. The lowest BCUT2D eigenvalue weighted by molar-refractivity contribution is -0.144. The molecule has 3 aromatic carbocycles. The van der Waals surface area contributed by atoms with Crippen molar-refractivity contribution in [3.8, 4) is 33.9 Å². The molecule has 0 spiro atoms. The van der Waals surface area contributed by atoms with Gasteiger partial charge in [0.05, 0.1) is 35.4 Å². The van der Waals surface area contributed by atoms with Crippen LogP contribution in [0, 0.1) is 11.3 Å². The second-order valence-corrected chi connectivity index (χ2v) is 14.1. The number of aromatic nitrogens is 1. The lowest BCUT2D eigenvalue weighted by Gasteiger charge is -2.34. The Labute approximate surface area is 342 Å². The first-order chi connectivity index (χ1) is 27.9. The maximum Gasteiger partial charge on any atom is 0.416 e. The number of ether oxygens (including phenoxy) is 3.